The van der Waals surface area contributed by atoms with E-state index in [2.05, 4.69) is 48.8 Å². The Morgan fingerprint density at radius 3 is 2.07 bits per heavy atom. The first-order valence-electron chi connectivity index (χ1n) is 7.84. The molecule has 0 aromatic carbocycles. The Morgan fingerprint density at radius 2 is 1.81 bits per heavy atom. The number of carbonyl (C=O) groups is 1. The number of alkyl halides is 2. The van der Waals surface area contributed by atoms with Gasteiger partial charge >= 0.3 is 29.6 Å². The molecule has 1 aliphatic heterocycles. The molecule has 1 saturated heterocycles. The summed E-state index contributed by atoms with van der Waals surface area (Å²) in [5, 5.41) is 19.4. The van der Waals surface area contributed by atoms with Crippen molar-refractivity contribution in [2.24, 2.45) is 5.73 Å². The van der Waals surface area contributed by atoms with Gasteiger partial charge in [-0.2, -0.15) is 0 Å². The van der Waals surface area contributed by atoms with Crippen molar-refractivity contribution in [3.8, 4) is 0 Å². The number of halogens is 3. The Kier molecular flexibility index (Phi) is 35.5. The van der Waals surface area contributed by atoms with Crippen LogP contribution in [0.15, 0.2) is 24.5 Å². The molecule has 0 radical (unpaired) electrons. The van der Waals surface area contributed by atoms with Gasteiger partial charge < -0.3 is 34.8 Å². The van der Waals surface area contributed by atoms with Crippen molar-refractivity contribution in [3.05, 3.63) is 24.5 Å². The molecule has 0 saturated carbocycles. The molecule has 156 valence electrons. The molecule has 1 fully saturated rings. The number of methoxy groups -OCH3 is 1. The Morgan fingerprint density at radius 1 is 1.33 bits per heavy atom. The number of aliphatic hydroxyl groups excluding tert-OH is 1. The van der Waals surface area contributed by atoms with Crippen LogP contribution in [0.3, 0.4) is 0 Å². The monoisotopic (exact) mass is 590 g/mol. The second kappa shape index (κ2) is 27.0. The number of ether oxygens (including phenoxy) is 2. The van der Waals surface area contributed by atoms with Gasteiger partial charge in [-0.1, -0.05) is 31.9 Å². The molecule has 2 heterocycles. The zero-order chi connectivity index (χ0) is 19.5. The Hall–Kier alpha value is 1.03. The summed E-state index contributed by atoms with van der Waals surface area (Å²) in [5.74, 6) is -1.08. The first-order chi connectivity index (χ1) is 11.9. The second-order valence-electron chi connectivity index (χ2n) is 4.76. The fourth-order valence-corrected chi connectivity index (χ4v) is 2.01. The molecule has 2 unspecified atom stereocenters. The summed E-state index contributed by atoms with van der Waals surface area (Å²) in [6.45, 7) is 2.88. The Labute approximate surface area is 211 Å². The topological polar surface area (TPSA) is 110 Å². The van der Waals surface area contributed by atoms with E-state index in [0.717, 1.165) is 43.5 Å². The molecule has 1 aromatic rings. The molecule has 0 amide bonds. The van der Waals surface area contributed by atoms with Crippen LogP contribution in [0.25, 0.3) is 0 Å². The second-order valence-corrected chi connectivity index (χ2v) is 6.35. The summed E-state index contributed by atoms with van der Waals surface area (Å²) < 4.78 is 12.2. The number of carboxylic acid groups (broad SMARTS) is 1. The van der Waals surface area contributed by atoms with Gasteiger partial charge in [-0.05, 0) is 25.5 Å². The maximum atomic E-state index is 8.89. The molecule has 7 nitrogen and oxygen atoms in total. The number of rotatable bonds is 5. The number of nitrogens with zero attached hydrogens (tertiary/aromatic N) is 1. The van der Waals surface area contributed by atoms with Crippen LogP contribution in [0, 0.1) is 0 Å². The van der Waals surface area contributed by atoms with Gasteiger partial charge in [0.1, 0.15) is 0 Å². The van der Waals surface area contributed by atoms with E-state index in [9.17, 15) is 0 Å². The van der Waals surface area contributed by atoms with Crippen molar-refractivity contribution in [2.75, 3.05) is 30.9 Å². The van der Waals surface area contributed by atoms with E-state index in [0.29, 0.717) is 0 Å². The van der Waals surface area contributed by atoms with Gasteiger partial charge in [0.05, 0.1) is 12.7 Å². The third-order valence-corrected chi connectivity index (χ3v) is 3.47. The average Bonchev–Trinajstić information content (AvgIpc) is 3.26. The van der Waals surface area contributed by atoms with Gasteiger partial charge in [-0.15, -0.1) is 17.0 Å². The Bertz CT molecular complexity index is 387. The van der Waals surface area contributed by atoms with Crippen LogP contribution in [-0.4, -0.2) is 59.0 Å². The molecular weight excluding hydrogens is 563 g/mol. The van der Waals surface area contributed by atoms with Gasteiger partial charge in [-0.25, -0.2) is 0 Å². The number of aryl methyl sites for hydroxylation is 1. The van der Waals surface area contributed by atoms with Crippen LogP contribution in [0.4, 0.5) is 0 Å². The zero-order valence-electron chi connectivity index (χ0n) is 16.2. The quantitative estimate of drug-likeness (QED) is 0.325. The average molecular weight is 593 g/mol. The molecule has 1 aromatic heterocycles. The molecule has 3 N–H and O–H groups in total. The number of carboxylic acids is 1. The fourth-order valence-electron chi connectivity index (χ4n) is 1.60. The van der Waals surface area contributed by atoms with E-state index in [-0.39, 0.29) is 65.5 Å². The number of aliphatic carboxylic acids is 1. The maximum absolute atomic E-state index is 8.89. The van der Waals surface area contributed by atoms with Gasteiger partial charge in [0, 0.05) is 55.6 Å². The third-order valence-electron chi connectivity index (χ3n) is 2.65. The fraction of sp³-hybridized carbons (Fsp3) is 0.688. The minimum Gasteiger partial charge on any atom is -0.550 e. The summed E-state index contributed by atoms with van der Waals surface area (Å²) in [6, 6.07) is 4.06. The van der Waals surface area contributed by atoms with Gasteiger partial charge in [0.25, 0.3) is 0 Å². The van der Waals surface area contributed by atoms with E-state index in [1.54, 1.807) is 7.11 Å². The number of aliphatic hydroxyl groups is 1. The predicted octanol–water partition coefficient (Wildman–Crippen LogP) is -1.31. The molecule has 2 rings (SSSR count). The number of hydrogen-bond donors (Lipinski definition) is 2. The molecule has 0 aliphatic carbocycles. The largest absolute Gasteiger partial charge is 1.00 e. The molecule has 27 heavy (non-hydrogen) atoms. The SMILES string of the molecule is Br.BrCCn1cccc1.CC(=O)[O-].COC1CCC(CO)O1.NCCBr.[Na+]. The Balaban J connectivity index is -0.000000136. The first kappa shape index (κ1) is 35.5. The van der Waals surface area contributed by atoms with Crippen LogP contribution in [0.1, 0.15) is 19.8 Å². The van der Waals surface area contributed by atoms with Crippen molar-refractivity contribution in [1.82, 2.24) is 4.57 Å². The van der Waals surface area contributed by atoms with Gasteiger partial charge in [0.15, 0.2) is 6.29 Å². The molecular formula is C16H30Br3N2NaO5. The van der Waals surface area contributed by atoms with Crippen LogP contribution < -0.4 is 40.4 Å². The summed E-state index contributed by atoms with van der Waals surface area (Å²) in [6.07, 6.45) is 5.86. The normalized spacial score (nSPS) is 16.7. The number of carbonyl (C=O) groups excluding carboxylic acids is 1. The minimum atomic E-state index is -1.08. The predicted molar refractivity (Wildman–Crippen MR) is 114 cm³/mol. The number of nitrogens with two attached hydrogens (primary N) is 1. The standard InChI is InChI=1S/C6H8BrN.C6H12O3.C2H6BrN.C2H4O2.BrH.Na/c7-3-6-8-4-1-2-5-8;1-8-6-3-2-5(4-7)9-6;3-1-2-4;1-2(3)4;;/h1-2,4-5H,3,6H2;5-7H,2-4H2,1H3;1-2,4H2;1H3,(H,3,4);1H;/q;;;;;+1/p-1. The van der Waals surface area contributed by atoms with Gasteiger partial charge in [-0.3, -0.25) is 0 Å². The third kappa shape index (κ3) is 27.0. The van der Waals surface area contributed by atoms with E-state index in [4.69, 9.17) is 30.2 Å². The van der Waals surface area contributed by atoms with Crippen molar-refractivity contribution in [3.63, 3.8) is 0 Å². The smallest absolute Gasteiger partial charge is 0.550 e. The summed E-state index contributed by atoms with van der Waals surface area (Å²) in [4.78, 5) is 8.89. The molecule has 11 heteroatoms. The number of aromatic nitrogens is 1. The van der Waals surface area contributed by atoms with Crippen LogP contribution >= 0.6 is 48.8 Å². The van der Waals surface area contributed by atoms with Crippen molar-refractivity contribution >= 4 is 54.8 Å². The van der Waals surface area contributed by atoms with Gasteiger partial charge in [0.2, 0.25) is 0 Å². The van der Waals surface area contributed by atoms with Crippen LogP contribution in [-0.2, 0) is 20.8 Å². The summed E-state index contributed by atoms with van der Waals surface area (Å²) in [5.41, 5.74) is 4.98. The maximum Gasteiger partial charge on any atom is 1.00 e. The van der Waals surface area contributed by atoms with E-state index >= 15 is 0 Å². The van der Waals surface area contributed by atoms with E-state index in [1.165, 1.54) is 0 Å². The minimum absolute atomic E-state index is 0. The summed E-state index contributed by atoms with van der Waals surface area (Å²) in [7, 11) is 1.62. The van der Waals surface area contributed by atoms with Crippen LogP contribution in [0.5, 0.6) is 0 Å². The van der Waals surface area contributed by atoms with E-state index in [1.807, 2.05) is 12.1 Å². The van der Waals surface area contributed by atoms with Crippen LogP contribution in [0.2, 0.25) is 0 Å². The molecule has 0 bridgehead atoms. The molecule has 0 spiro atoms. The van der Waals surface area contributed by atoms with Crippen molar-refractivity contribution < 1.29 is 54.0 Å². The molecule has 1 aliphatic rings. The zero-order valence-corrected chi connectivity index (χ0v) is 23.1. The number of hydrogen-bond acceptors (Lipinski definition) is 6. The van der Waals surface area contributed by atoms with E-state index < -0.39 is 5.97 Å². The molecule has 2 atom stereocenters. The first-order valence-corrected chi connectivity index (χ1v) is 10.1. The summed E-state index contributed by atoms with van der Waals surface area (Å²) >= 11 is 6.47. The van der Waals surface area contributed by atoms with Crippen molar-refractivity contribution in [1.29, 1.82) is 0 Å². The van der Waals surface area contributed by atoms with Crippen molar-refractivity contribution in [2.45, 2.75) is 38.7 Å².